The Kier molecular flexibility index (Phi) is 3.54. The van der Waals surface area contributed by atoms with Gasteiger partial charge >= 0.3 is 0 Å². The van der Waals surface area contributed by atoms with Gasteiger partial charge in [-0.15, -0.1) is 11.3 Å². The summed E-state index contributed by atoms with van der Waals surface area (Å²) in [6.07, 6.45) is 0. The van der Waals surface area contributed by atoms with Crippen LogP contribution >= 0.6 is 11.3 Å². The van der Waals surface area contributed by atoms with Gasteiger partial charge in [-0.25, -0.2) is 4.98 Å². The van der Waals surface area contributed by atoms with Gasteiger partial charge < -0.3 is 4.74 Å². The van der Waals surface area contributed by atoms with Crippen molar-refractivity contribution in [2.75, 3.05) is 0 Å². The van der Waals surface area contributed by atoms with Crippen LogP contribution in [0, 0.1) is 6.92 Å². The number of ketones is 1. The molecular formula is C13H13NO2S. The van der Waals surface area contributed by atoms with Gasteiger partial charge in [-0.05, 0) is 18.6 Å². The van der Waals surface area contributed by atoms with Gasteiger partial charge in [-0.2, -0.15) is 0 Å². The minimum Gasteiger partial charge on any atom is -0.486 e. The number of carbonyl (C=O) groups is 1. The molecule has 2 aromatic rings. The highest BCUT2D eigenvalue weighted by molar-refractivity contribution is 7.09. The summed E-state index contributed by atoms with van der Waals surface area (Å²) < 4.78 is 5.65. The molecule has 0 N–H and O–H groups in total. The molecule has 0 radical (unpaired) electrons. The third kappa shape index (κ3) is 2.91. The number of benzene rings is 1. The van der Waals surface area contributed by atoms with Crippen LogP contribution < -0.4 is 4.74 Å². The maximum atomic E-state index is 11.1. The average Bonchev–Trinajstić information content (AvgIpc) is 2.77. The van der Waals surface area contributed by atoms with E-state index in [1.807, 2.05) is 31.2 Å². The van der Waals surface area contributed by atoms with E-state index < -0.39 is 0 Å². The second-order valence-electron chi connectivity index (χ2n) is 3.74. The van der Waals surface area contributed by atoms with Crippen LogP contribution in [0.25, 0.3) is 0 Å². The van der Waals surface area contributed by atoms with Crippen molar-refractivity contribution in [1.29, 1.82) is 0 Å². The molecule has 0 saturated heterocycles. The molecule has 1 heterocycles. The normalized spacial score (nSPS) is 10.2. The molecule has 0 fully saturated rings. The number of carbonyl (C=O) groups excluding carboxylic acids is 1. The lowest BCUT2D eigenvalue weighted by atomic mass is 10.2. The van der Waals surface area contributed by atoms with Gasteiger partial charge in [0.25, 0.3) is 0 Å². The molecule has 88 valence electrons. The molecular weight excluding hydrogens is 234 g/mol. The lowest BCUT2D eigenvalue weighted by molar-refractivity contribution is 0.101. The van der Waals surface area contributed by atoms with E-state index in [1.165, 1.54) is 18.3 Å². The summed E-state index contributed by atoms with van der Waals surface area (Å²) in [5, 5.41) is 2.58. The average molecular weight is 247 g/mol. The molecule has 1 aromatic carbocycles. The maximum Gasteiger partial charge on any atom is 0.178 e. The summed E-state index contributed by atoms with van der Waals surface area (Å²) in [4.78, 5) is 15.3. The Bertz CT molecular complexity index is 534. The van der Waals surface area contributed by atoms with Gasteiger partial charge in [0.2, 0.25) is 0 Å². The SMILES string of the molecule is CC(=O)c1csc(COc2ccccc2C)n1. The topological polar surface area (TPSA) is 39.2 Å². The predicted molar refractivity (Wildman–Crippen MR) is 67.6 cm³/mol. The minimum atomic E-state index is -0.0107. The lowest BCUT2D eigenvalue weighted by Gasteiger charge is -2.06. The number of hydrogen-bond acceptors (Lipinski definition) is 4. The Morgan fingerprint density at radius 2 is 2.18 bits per heavy atom. The number of para-hydroxylation sites is 1. The Labute approximate surface area is 104 Å². The van der Waals surface area contributed by atoms with Crippen molar-refractivity contribution in [3.63, 3.8) is 0 Å². The lowest BCUT2D eigenvalue weighted by Crippen LogP contribution is -1.98. The van der Waals surface area contributed by atoms with E-state index in [0.717, 1.165) is 16.3 Å². The van der Waals surface area contributed by atoms with Crippen molar-refractivity contribution in [1.82, 2.24) is 4.98 Å². The summed E-state index contributed by atoms with van der Waals surface area (Å²) in [7, 11) is 0. The second kappa shape index (κ2) is 5.10. The van der Waals surface area contributed by atoms with Gasteiger partial charge in [0.05, 0.1) is 0 Å². The maximum absolute atomic E-state index is 11.1. The first-order valence-electron chi connectivity index (χ1n) is 5.30. The molecule has 0 aliphatic rings. The molecule has 2 rings (SSSR count). The summed E-state index contributed by atoms with van der Waals surface area (Å²) in [5.41, 5.74) is 1.61. The summed E-state index contributed by atoms with van der Waals surface area (Å²) >= 11 is 1.45. The van der Waals surface area contributed by atoms with E-state index in [0.29, 0.717) is 12.3 Å². The number of thiazole rings is 1. The van der Waals surface area contributed by atoms with E-state index in [4.69, 9.17) is 4.74 Å². The van der Waals surface area contributed by atoms with Crippen LogP contribution in [0.3, 0.4) is 0 Å². The zero-order chi connectivity index (χ0) is 12.3. The molecule has 0 unspecified atom stereocenters. The van der Waals surface area contributed by atoms with Crippen LogP contribution in [0.15, 0.2) is 29.6 Å². The molecule has 4 heteroatoms. The van der Waals surface area contributed by atoms with Crippen molar-refractivity contribution in [3.8, 4) is 5.75 Å². The van der Waals surface area contributed by atoms with Crippen molar-refractivity contribution >= 4 is 17.1 Å². The highest BCUT2D eigenvalue weighted by Gasteiger charge is 2.06. The molecule has 0 bridgehead atoms. The fraction of sp³-hybridized carbons (Fsp3) is 0.231. The standard InChI is InChI=1S/C13H13NO2S/c1-9-5-3-4-6-12(9)16-7-13-14-11(8-17-13)10(2)15/h3-6,8H,7H2,1-2H3. The number of aromatic nitrogens is 1. The Hall–Kier alpha value is -1.68. The Morgan fingerprint density at radius 3 is 2.82 bits per heavy atom. The van der Waals surface area contributed by atoms with Crippen LogP contribution in [0.5, 0.6) is 5.75 Å². The number of aryl methyl sites for hydroxylation is 1. The fourth-order valence-electron chi connectivity index (χ4n) is 1.40. The smallest absolute Gasteiger partial charge is 0.178 e. The molecule has 0 saturated carbocycles. The number of rotatable bonds is 4. The first kappa shape index (κ1) is 11.8. The van der Waals surface area contributed by atoms with Crippen LogP contribution in [0.4, 0.5) is 0 Å². The van der Waals surface area contributed by atoms with Crippen LogP contribution in [0.1, 0.15) is 28.0 Å². The number of Topliss-reactive ketones (excluding diaryl/α,β-unsaturated/α-hetero) is 1. The van der Waals surface area contributed by atoms with Crippen molar-refractivity contribution in [2.24, 2.45) is 0 Å². The van der Waals surface area contributed by atoms with Gasteiger partial charge in [-0.3, -0.25) is 4.79 Å². The summed E-state index contributed by atoms with van der Waals surface area (Å²) in [6.45, 7) is 3.92. The van der Waals surface area contributed by atoms with E-state index in [9.17, 15) is 4.79 Å². The highest BCUT2D eigenvalue weighted by Crippen LogP contribution is 2.19. The molecule has 1 aromatic heterocycles. The summed E-state index contributed by atoms with van der Waals surface area (Å²) in [5.74, 6) is 0.843. The number of nitrogens with zero attached hydrogens (tertiary/aromatic N) is 1. The van der Waals surface area contributed by atoms with Gasteiger partial charge in [0.1, 0.15) is 23.1 Å². The highest BCUT2D eigenvalue weighted by atomic mass is 32.1. The van der Waals surface area contributed by atoms with Crippen molar-refractivity contribution in [2.45, 2.75) is 20.5 Å². The van der Waals surface area contributed by atoms with Crippen LogP contribution in [0.2, 0.25) is 0 Å². The first-order valence-corrected chi connectivity index (χ1v) is 6.18. The molecule has 0 atom stereocenters. The Morgan fingerprint density at radius 1 is 1.41 bits per heavy atom. The van der Waals surface area contributed by atoms with E-state index in [2.05, 4.69) is 4.98 Å². The molecule has 0 amide bonds. The molecule has 0 aliphatic heterocycles. The van der Waals surface area contributed by atoms with Gasteiger partial charge in [0.15, 0.2) is 5.78 Å². The molecule has 0 aliphatic carbocycles. The number of hydrogen-bond donors (Lipinski definition) is 0. The van der Waals surface area contributed by atoms with E-state index in [1.54, 1.807) is 5.38 Å². The number of ether oxygens (including phenoxy) is 1. The Balaban J connectivity index is 2.02. The monoisotopic (exact) mass is 247 g/mol. The minimum absolute atomic E-state index is 0.0107. The quantitative estimate of drug-likeness (QED) is 0.779. The van der Waals surface area contributed by atoms with Crippen LogP contribution in [-0.2, 0) is 6.61 Å². The van der Waals surface area contributed by atoms with E-state index >= 15 is 0 Å². The van der Waals surface area contributed by atoms with Gasteiger partial charge in [0, 0.05) is 12.3 Å². The zero-order valence-corrected chi connectivity index (χ0v) is 10.6. The third-order valence-corrected chi connectivity index (χ3v) is 3.18. The fourth-order valence-corrected chi connectivity index (χ4v) is 2.14. The molecule has 17 heavy (non-hydrogen) atoms. The summed E-state index contributed by atoms with van der Waals surface area (Å²) in [6, 6.07) is 7.83. The van der Waals surface area contributed by atoms with E-state index in [-0.39, 0.29) is 5.78 Å². The first-order chi connectivity index (χ1) is 8.16. The largest absolute Gasteiger partial charge is 0.486 e. The zero-order valence-electron chi connectivity index (χ0n) is 9.77. The van der Waals surface area contributed by atoms with Crippen molar-refractivity contribution in [3.05, 3.63) is 45.9 Å². The van der Waals surface area contributed by atoms with Crippen molar-refractivity contribution < 1.29 is 9.53 Å². The second-order valence-corrected chi connectivity index (χ2v) is 4.68. The van der Waals surface area contributed by atoms with Gasteiger partial charge in [-0.1, -0.05) is 18.2 Å². The molecule has 3 nitrogen and oxygen atoms in total. The molecule has 0 spiro atoms. The third-order valence-electron chi connectivity index (χ3n) is 2.36. The predicted octanol–water partition coefficient (Wildman–Crippen LogP) is 3.23. The van der Waals surface area contributed by atoms with Crippen LogP contribution in [-0.4, -0.2) is 10.8 Å².